The monoisotopic (exact) mass is 262 g/mol. The fourth-order valence-electron chi connectivity index (χ4n) is 2.54. The molecule has 0 aromatic carbocycles. The number of aromatic nitrogens is 1. The molecule has 0 radical (unpaired) electrons. The van der Waals surface area contributed by atoms with Crippen LogP contribution in [0.4, 0.5) is 5.82 Å². The number of carbonyl (C=O) groups excluding carboxylic acids is 1. The van der Waals surface area contributed by atoms with E-state index in [0.717, 1.165) is 37.3 Å². The minimum absolute atomic E-state index is 0.0224. The van der Waals surface area contributed by atoms with Crippen molar-refractivity contribution in [2.75, 3.05) is 18.0 Å². The number of anilines is 1. The van der Waals surface area contributed by atoms with Gasteiger partial charge in [0.25, 0.3) is 0 Å². The average molecular weight is 262 g/mol. The van der Waals surface area contributed by atoms with Crippen LogP contribution >= 0.6 is 0 Å². The summed E-state index contributed by atoms with van der Waals surface area (Å²) in [5.41, 5.74) is 12.2. The third-order valence-corrected chi connectivity index (χ3v) is 3.72. The zero-order chi connectivity index (χ0) is 13.8. The van der Waals surface area contributed by atoms with Crippen molar-refractivity contribution in [2.24, 2.45) is 17.4 Å². The van der Waals surface area contributed by atoms with E-state index >= 15 is 0 Å². The third-order valence-electron chi connectivity index (χ3n) is 3.72. The SMILES string of the molecule is C[C@@H](N)c1ccnc(N2CCC(CC(N)=O)CC2)c1. The van der Waals surface area contributed by atoms with Gasteiger partial charge in [-0.2, -0.15) is 0 Å². The van der Waals surface area contributed by atoms with Crippen molar-refractivity contribution in [1.82, 2.24) is 4.98 Å². The number of nitrogens with zero attached hydrogens (tertiary/aromatic N) is 2. The number of pyridine rings is 1. The largest absolute Gasteiger partial charge is 0.370 e. The maximum absolute atomic E-state index is 10.9. The van der Waals surface area contributed by atoms with Gasteiger partial charge in [-0.1, -0.05) is 0 Å². The van der Waals surface area contributed by atoms with Gasteiger partial charge in [-0.05, 0) is 43.4 Å². The first-order valence-corrected chi connectivity index (χ1v) is 6.81. The minimum Gasteiger partial charge on any atom is -0.370 e. The van der Waals surface area contributed by atoms with Crippen molar-refractivity contribution in [3.8, 4) is 0 Å². The zero-order valence-electron chi connectivity index (χ0n) is 11.4. The van der Waals surface area contributed by atoms with E-state index in [2.05, 4.69) is 16.0 Å². The Morgan fingerprint density at radius 2 is 2.21 bits per heavy atom. The minimum atomic E-state index is -0.199. The molecule has 5 heteroatoms. The summed E-state index contributed by atoms with van der Waals surface area (Å²) in [5, 5.41) is 0. The van der Waals surface area contributed by atoms with Crippen molar-refractivity contribution in [3.63, 3.8) is 0 Å². The van der Waals surface area contributed by atoms with E-state index in [1.165, 1.54) is 0 Å². The number of nitrogens with two attached hydrogens (primary N) is 2. The summed E-state index contributed by atoms with van der Waals surface area (Å²) < 4.78 is 0. The van der Waals surface area contributed by atoms with Gasteiger partial charge < -0.3 is 16.4 Å². The van der Waals surface area contributed by atoms with E-state index in [4.69, 9.17) is 11.5 Å². The highest BCUT2D eigenvalue weighted by atomic mass is 16.1. The first kappa shape index (κ1) is 13.8. The number of amides is 1. The lowest BCUT2D eigenvalue weighted by Gasteiger charge is -2.32. The third kappa shape index (κ3) is 3.67. The number of carbonyl (C=O) groups is 1. The molecule has 0 aliphatic carbocycles. The van der Waals surface area contributed by atoms with Gasteiger partial charge in [0, 0.05) is 31.7 Å². The summed E-state index contributed by atoms with van der Waals surface area (Å²) >= 11 is 0. The molecule has 1 aromatic heterocycles. The molecule has 1 aromatic rings. The number of primary amides is 1. The second-order valence-electron chi connectivity index (χ2n) is 5.34. The maximum atomic E-state index is 10.9. The van der Waals surface area contributed by atoms with Crippen LogP contribution in [0, 0.1) is 5.92 Å². The summed E-state index contributed by atoms with van der Waals surface area (Å²) in [7, 11) is 0. The molecule has 0 spiro atoms. The van der Waals surface area contributed by atoms with Gasteiger partial charge in [0.05, 0.1) is 0 Å². The Kier molecular flexibility index (Phi) is 4.37. The lowest BCUT2D eigenvalue weighted by molar-refractivity contribution is -0.119. The van der Waals surface area contributed by atoms with Crippen LogP contribution in [0.2, 0.25) is 0 Å². The molecule has 104 valence electrons. The molecular weight excluding hydrogens is 240 g/mol. The molecule has 0 bridgehead atoms. The molecule has 0 saturated carbocycles. The van der Waals surface area contributed by atoms with E-state index in [1.807, 2.05) is 19.2 Å². The Morgan fingerprint density at radius 1 is 1.53 bits per heavy atom. The van der Waals surface area contributed by atoms with Crippen LogP contribution in [0.5, 0.6) is 0 Å². The summed E-state index contributed by atoms with van der Waals surface area (Å²) in [4.78, 5) is 17.6. The molecule has 1 aliphatic rings. The standard InChI is InChI=1S/C14H22N4O/c1-10(15)12-2-5-17-14(9-12)18-6-3-11(4-7-18)8-13(16)19/h2,5,9-11H,3-4,6-8,15H2,1H3,(H2,16,19)/t10-/m1/s1. The molecule has 1 amide bonds. The summed E-state index contributed by atoms with van der Waals surface area (Å²) in [5.74, 6) is 1.20. The normalized spacial score (nSPS) is 18.3. The van der Waals surface area contributed by atoms with E-state index < -0.39 is 0 Å². The fourth-order valence-corrected chi connectivity index (χ4v) is 2.54. The van der Waals surface area contributed by atoms with Crippen molar-refractivity contribution in [1.29, 1.82) is 0 Å². The van der Waals surface area contributed by atoms with E-state index in [1.54, 1.807) is 0 Å². The van der Waals surface area contributed by atoms with Gasteiger partial charge in [-0.15, -0.1) is 0 Å². The smallest absolute Gasteiger partial charge is 0.217 e. The molecule has 5 nitrogen and oxygen atoms in total. The molecule has 0 unspecified atom stereocenters. The van der Waals surface area contributed by atoms with Crippen LogP contribution in [0.25, 0.3) is 0 Å². The molecule has 1 atom stereocenters. The lowest BCUT2D eigenvalue weighted by Crippen LogP contribution is -2.35. The van der Waals surface area contributed by atoms with Crippen LogP contribution in [0.1, 0.15) is 37.8 Å². The molecular formula is C14H22N4O. The number of hydrogen-bond acceptors (Lipinski definition) is 4. The molecule has 2 heterocycles. The summed E-state index contributed by atoms with van der Waals surface area (Å²) in [6.45, 7) is 3.82. The van der Waals surface area contributed by atoms with Crippen LogP contribution in [-0.4, -0.2) is 24.0 Å². The quantitative estimate of drug-likeness (QED) is 0.853. The first-order valence-electron chi connectivity index (χ1n) is 6.81. The van der Waals surface area contributed by atoms with Crippen molar-refractivity contribution in [3.05, 3.63) is 23.9 Å². The highest BCUT2D eigenvalue weighted by molar-refractivity contribution is 5.74. The van der Waals surface area contributed by atoms with Crippen LogP contribution in [-0.2, 0) is 4.79 Å². The van der Waals surface area contributed by atoms with Crippen molar-refractivity contribution >= 4 is 11.7 Å². The predicted octanol–water partition coefficient (Wildman–Crippen LogP) is 1.19. The van der Waals surface area contributed by atoms with E-state index in [0.29, 0.717) is 12.3 Å². The van der Waals surface area contributed by atoms with Crippen molar-refractivity contribution in [2.45, 2.75) is 32.2 Å². The highest BCUT2D eigenvalue weighted by Gasteiger charge is 2.21. The van der Waals surface area contributed by atoms with E-state index in [9.17, 15) is 4.79 Å². The Balaban J connectivity index is 1.97. The van der Waals surface area contributed by atoms with Gasteiger partial charge in [0.2, 0.25) is 5.91 Å². The predicted molar refractivity (Wildman–Crippen MR) is 75.6 cm³/mol. The Labute approximate surface area is 114 Å². The van der Waals surface area contributed by atoms with Gasteiger partial charge in [0.15, 0.2) is 0 Å². The van der Waals surface area contributed by atoms with Crippen LogP contribution in [0.15, 0.2) is 18.3 Å². The van der Waals surface area contributed by atoms with Gasteiger partial charge in [-0.25, -0.2) is 4.98 Å². The van der Waals surface area contributed by atoms with E-state index in [-0.39, 0.29) is 11.9 Å². The topological polar surface area (TPSA) is 85.2 Å². The molecule has 1 fully saturated rings. The zero-order valence-corrected chi connectivity index (χ0v) is 11.4. The van der Waals surface area contributed by atoms with Gasteiger partial charge >= 0.3 is 0 Å². The summed E-state index contributed by atoms with van der Waals surface area (Å²) in [6.07, 6.45) is 4.30. The Bertz CT molecular complexity index is 439. The van der Waals surface area contributed by atoms with Crippen LogP contribution < -0.4 is 16.4 Å². The fraction of sp³-hybridized carbons (Fsp3) is 0.571. The second-order valence-corrected chi connectivity index (χ2v) is 5.34. The maximum Gasteiger partial charge on any atom is 0.217 e. The molecule has 2 rings (SSSR count). The lowest BCUT2D eigenvalue weighted by atomic mass is 9.93. The Hall–Kier alpha value is -1.62. The molecule has 4 N–H and O–H groups in total. The van der Waals surface area contributed by atoms with Crippen LogP contribution in [0.3, 0.4) is 0 Å². The number of rotatable bonds is 4. The average Bonchev–Trinajstić information content (AvgIpc) is 2.39. The molecule has 19 heavy (non-hydrogen) atoms. The first-order chi connectivity index (χ1) is 9.06. The highest BCUT2D eigenvalue weighted by Crippen LogP contribution is 2.25. The molecule has 1 aliphatic heterocycles. The number of piperidine rings is 1. The van der Waals surface area contributed by atoms with Gasteiger partial charge in [0.1, 0.15) is 5.82 Å². The Morgan fingerprint density at radius 3 is 2.79 bits per heavy atom. The second kappa shape index (κ2) is 6.02. The van der Waals surface area contributed by atoms with Gasteiger partial charge in [-0.3, -0.25) is 4.79 Å². The summed E-state index contributed by atoms with van der Waals surface area (Å²) in [6, 6.07) is 4.03. The number of hydrogen-bond donors (Lipinski definition) is 2. The molecule has 1 saturated heterocycles. The van der Waals surface area contributed by atoms with Crippen molar-refractivity contribution < 1.29 is 4.79 Å².